The van der Waals surface area contributed by atoms with Crippen LogP contribution < -0.4 is 5.32 Å². The zero-order valence-electron chi connectivity index (χ0n) is 9.79. The summed E-state index contributed by atoms with van der Waals surface area (Å²) < 4.78 is 0. The van der Waals surface area contributed by atoms with Gasteiger partial charge in [0.2, 0.25) is 0 Å². The van der Waals surface area contributed by atoms with Gasteiger partial charge >= 0.3 is 0 Å². The van der Waals surface area contributed by atoms with Crippen LogP contribution in [0.2, 0.25) is 0 Å². The van der Waals surface area contributed by atoms with Crippen LogP contribution in [0.15, 0.2) is 18.2 Å². The highest BCUT2D eigenvalue weighted by Crippen LogP contribution is 2.45. The van der Waals surface area contributed by atoms with E-state index in [1.54, 1.807) is 6.07 Å². The Morgan fingerprint density at radius 3 is 3.00 bits per heavy atom. The largest absolute Gasteiger partial charge is 0.508 e. The fourth-order valence-electron chi connectivity index (χ4n) is 2.61. The van der Waals surface area contributed by atoms with E-state index >= 15 is 0 Å². The Morgan fingerprint density at radius 1 is 1.44 bits per heavy atom. The monoisotopic (exact) mass is 217 g/mol. The zero-order valence-corrected chi connectivity index (χ0v) is 9.79. The summed E-state index contributed by atoms with van der Waals surface area (Å²) >= 11 is 0. The van der Waals surface area contributed by atoms with Gasteiger partial charge in [0.05, 0.1) is 0 Å². The summed E-state index contributed by atoms with van der Waals surface area (Å²) in [6, 6.07) is 6.35. The van der Waals surface area contributed by atoms with Crippen LogP contribution in [0, 0.1) is 5.41 Å². The topological polar surface area (TPSA) is 32.3 Å². The van der Waals surface area contributed by atoms with Crippen molar-refractivity contribution in [1.82, 2.24) is 5.32 Å². The Morgan fingerprint density at radius 2 is 2.25 bits per heavy atom. The van der Waals surface area contributed by atoms with Gasteiger partial charge in [0.15, 0.2) is 0 Å². The van der Waals surface area contributed by atoms with Crippen LogP contribution in [-0.2, 0) is 6.42 Å². The van der Waals surface area contributed by atoms with E-state index < -0.39 is 0 Å². The minimum absolute atomic E-state index is 0.458. The molecule has 0 saturated heterocycles. The summed E-state index contributed by atoms with van der Waals surface area (Å²) in [6.07, 6.45) is 4.86. The predicted molar refractivity (Wildman–Crippen MR) is 64.5 cm³/mol. The summed E-state index contributed by atoms with van der Waals surface area (Å²) in [5.74, 6) is 0.472. The molecule has 3 rings (SSSR count). The molecule has 1 fully saturated rings. The fraction of sp³-hybridized carbons (Fsp3) is 0.571. The van der Waals surface area contributed by atoms with E-state index in [4.69, 9.17) is 0 Å². The molecule has 2 aliphatic carbocycles. The van der Waals surface area contributed by atoms with Crippen molar-refractivity contribution in [3.63, 3.8) is 0 Å². The number of hydrogen-bond acceptors (Lipinski definition) is 2. The first-order valence-electron chi connectivity index (χ1n) is 6.22. The molecule has 2 N–H and O–H groups in total. The van der Waals surface area contributed by atoms with Gasteiger partial charge in [0.1, 0.15) is 5.75 Å². The van der Waals surface area contributed by atoms with Gasteiger partial charge in [-0.1, -0.05) is 19.1 Å². The van der Waals surface area contributed by atoms with Gasteiger partial charge in [0, 0.05) is 12.6 Å². The molecule has 0 heterocycles. The van der Waals surface area contributed by atoms with Crippen molar-refractivity contribution in [2.24, 2.45) is 5.41 Å². The van der Waals surface area contributed by atoms with Crippen LogP contribution in [-0.4, -0.2) is 11.7 Å². The predicted octanol–water partition coefficient (Wildman–Crippen LogP) is 2.77. The number of phenols is 1. The normalized spacial score (nSPS) is 25.4. The maximum absolute atomic E-state index is 9.76. The molecule has 0 spiro atoms. The first-order valence-corrected chi connectivity index (χ1v) is 6.22. The second-order valence-electron chi connectivity index (χ2n) is 5.63. The highest BCUT2D eigenvalue weighted by atomic mass is 16.3. The Bertz CT molecular complexity index is 409. The van der Waals surface area contributed by atoms with Gasteiger partial charge in [-0.3, -0.25) is 0 Å². The Kier molecular flexibility index (Phi) is 2.21. The summed E-state index contributed by atoms with van der Waals surface area (Å²) in [4.78, 5) is 0. The molecule has 16 heavy (non-hydrogen) atoms. The van der Waals surface area contributed by atoms with Gasteiger partial charge < -0.3 is 10.4 Å². The molecule has 1 aromatic rings. The molecule has 0 bridgehead atoms. The molecule has 0 radical (unpaired) electrons. The van der Waals surface area contributed by atoms with E-state index in [2.05, 4.69) is 18.3 Å². The smallest absolute Gasteiger partial charge is 0.119 e. The van der Waals surface area contributed by atoms with Crippen molar-refractivity contribution in [3.8, 4) is 5.75 Å². The molecular weight excluding hydrogens is 198 g/mol. The lowest BCUT2D eigenvalue weighted by molar-refractivity contribution is 0.439. The highest BCUT2D eigenvalue weighted by molar-refractivity contribution is 5.44. The number of aromatic hydroxyl groups is 1. The van der Waals surface area contributed by atoms with E-state index in [-0.39, 0.29) is 0 Å². The van der Waals surface area contributed by atoms with Crippen molar-refractivity contribution >= 4 is 0 Å². The van der Waals surface area contributed by atoms with Crippen LogP contribution in [0.5, 0.6) is 5.75 Å². The standard InChI is InChI=1S/C14H19NO/c1-14(7-8-14)9-15-12-6-5-11-10(12)3-2-4-13(11)16/h2-4,12,15-16H,5-9H2,1H3. The first kappa shape index (κ1) is 10.2. The zero-order chi connectivity index (χ0) is 11.2. The van der Waals surface area contributed by atoms with Gasteiger partial charge in [0.25, 0.3) is 0 Å². The lowest BCUT2D eigenvalue weighted by atomic mass is 10.1. The highest BCUT2D eigenvalue weighted by Gasteiger charge is 2.37. The minimum atomic E-state index is 0.458. The molecule has 86 valence electrons. The third-order valence-corrected chi connectivity index (χ3v) is 4.12. The van der Waals surface area contributed by atoms with Crippen LogP contribution >= 0.6 is 0 Å². The fourth-order valence-corrected chi connectivity index (χ4v) is 2.61. The van der Waals surface area contributed by atoms with Gasteiger partial charge in [-0.25, -0.2) is 0 Å². The van der Waals surface area contributed by atoms with Crippen molar-refractivity contribution in [2.75, 3.05) is 6.54 Å². The van der Waals surface area contributed by atoms with Gasteiger partial charge in [-0.15, -0.1) is 0 Å². The molecule has 1 unspecified atom stereocenters. The van der Waals surface area contributed by atoms with Gasteiger partial charge in [-0.2, -0.15) is 0 Å². The van der Waals surface area contributed by atoms with Crippen LogP contribution in [0.3, 0.4) is 0 Å². The molecule has 0 aliphatic heterocycles. The average molecular weight is 217 g/mol. The third-order valence-electron chi connectivity index (χ3n) is 4.12. The van der Waals surface area contributed by atoms with E-state index in [1.807, 2.05) is 6.07 Å². The number of benzene rings is 1. The second-order valence-corrected chi connectivity index (χ2v) is 5.63. The molecule has 1 aromatic carbocycles. The minimum Gasteiger partial charge on any atom is -0.508 e. The number of fused-ring (bicyclic) bond motifs is 1. The Labute approximate surface area is 96.7 Å². The van der Waals surface area contributed by atoms with Crippen molar-refractivity contribution in [1.29, 1.82) is 0 Å². The number of hydrogen-bond donors (Lipinski definition) is 2. The average Bonchev–Trinajstić information content (AvgIpc) is 2.86. The summed E-state index contributed by atoms with van der Waals surface area (Å²) in [6.45, 7) is 3.46. The van der Waals surface area contributed by atoms with Crippen molar-refractivity contribution in [3.05, 3.63) is 29.3 Å². The first-order chi connectivity index (χ1) is 7.68. The molecule has 2 nitrogen and oxygen atoms in total. The number of phenolic OH excluding ortho intramolecular Hbond substituents is 1. The number of nitrogens with one attached hydrogen (secondary N) is 1. The molecule has 2 aliphatic rings. The molecular formula is C14H19NO. The SMILES string of the molecule is CC1(CNC2CCc3c(O)cccc32)CC1. The van der Waals surface area contributed by atoms with E-state index in [9.17, 15) is 5.11 Å². The van der Waals surface area contributed by atoms with Crippen LogP contribution in [0.4, 0.5) is 0 Å². The van der Waals surface area contributed by atoms with Gasteiger partial charge in [-0.05, 0) is 48.3 Å². The molecule has 1 saturated carbocycles. The lowest BCUT2D eigenvalue weighted by Gasteiger charge is -2.17. The van der Waals surface area contributed by atoms with E-state index in [1.165, 1.54) is 18.4 Å². The lowest BCUT2D eigenvalue weighted by Crippen LogP contribution is -2.25. The maximum Gasteiger partial charge on any atom is 0.119 e. The quantitative estimate of drug-likeness (QED) is 0.816. The maximum atomic E-state index is 9.76. The summed E-state index contributed by atoms with van der Waals surface area (Å²) in [5, 5.41) is 13.4. The summed E-state index contributed by atoms with van der Waals surface area (Å²) in [5.41, 5.74) is 3.02. The van der Waals surface area contributed by atoms with E-state index in [0.717, 1.165) is 24.9 Å². The van der Waals surface area contributed by atoms with Crippen molar-refractivity contribution in [2.45, 2.75) is 38.6 Å². The molecule has 0 aromatic heterocycles. The van der Waals surface area contributed by atoms with E-state index in [0.29, 0.717) is 17.2 Å². The van der Waals surface area contributed by atoms with Crippen LogP contribution in [0.25, 0.3) is 0 Å². The third kappa shape index (κ3) is 1.71. The summed E-state index contributed by atoms with van der Waals surface area (Å²) in [7, 11) is 0. The van der Waals surface area contributed by atoms with Crippen LogP contribution in [0.1, 0.15) is 43.4 Å². The second kappa shape index (κ2) is 3.49. The Hall–Kier alpha value is -1.02. The Balaban J connectivity index is 1.73. The number of rotatable bonds is 3. The van der Waals surface area contributed by atoms with Crippen molar-refractivity contribution < 1.29 is 5.11 Å². The molecule has 1 atom stereocenters. The molecule has 2 heteroatoms. The molecule has 0 amide bonds.